The first-order chi connectivity index (χ1) is 9.60. The molecule has 0 heterocycles. The highest BCUT2D eigenvalue weighted by atomic mass is 35.5. The predicted octanol–water partition coefficient (Wildman–Crippen LogP) is 3.58. The molecule has 1 rings (SSSR count). The van der Waals surface area contributed by atoms with Gasteiger partial charge in [0.1, 0.15) is 0 Å². The van der Waals surface area contributed by atoms with Crippen molar-refractivity contribution in [2.75, 3.05) is 20.1 Å². The van der Waals surface area contributed by atoms with E-state index in [1.807, 2.05) is 19.2 Å². The number of rotatable bonds is 8. The quantitative estimate of drug-likeness (QED) is 0.744. The molecule has 1 unspecified atom stereocenters. The number of benzene rings is 1. The molecule has 0 fully saturated rings. The summed E-state index contributed by atoms with van der Waals surface area (Å²) in [5.74, 6) is -0.0219. The van der Waals surface area contributed by atoms with Crippen LogP contribution in [0.25, 0.3) is 0 Å². The lowest BCUT2D eigenvalue weighted by atomic mass is 10.1. The second-order valence-corrected chi connectivity index (χ2v) is 5.49. The molecule has 1 amide bonds. The molecule has 4 heteroatoms. The van der Waals surface area contributed by atoms with Gasteiger partial charge in [-0.2, -0.15) is 0 Å². The summed E-state index contributed by atoms with van der Waals surface area (Å²) in [6.07, 6.45) is 3.35. The zero-order valence-electron chi connectivity index (χ0n) is 12.7. The van der Waals surface area contributed by atoms with E-state index < -0.39 is 0 Å². The van der Waals surface area contributed by atoms with Gasteiger partial charge in [-0.05, 0) is 31.5 Å². The Hall–Kier alpha value is -1.06. The van der Waals surface area contributed by atoms with Crippen LogP contribution in [0.1, 0.15) is 43.5 Å². The van der Waals surface area contributed by atoms with Gasteiger partial charge in [0.15, 0.2) is 0 Å². The van der Waals surface area contributed by atoms with Gasteiger partial charge >= 0.3 is 0 Å². The number of hydrogen-bond acceptors (Lipinski definition) is 2. The first-order valence-electron chi connectivity index (χ1n) is 7.33. The number of amides is 1. The summed E-state index contributed by atoms with van der Waals surface area (Å²) in [5.41, 5.74) is 0.570. The molecule has 1 atom stereocenters. The van der Waals surface area contributed by atoms with Gasteiger partial charge in [0.05, 0.1) is 10.6 Å². The van der Waals surface area contributed by atoms with E-state index in [4.69, 9.17) is 11.6 Å². The van der Waals surface area contributed by atoms with Crippen molar-refractivity contribution in [1.82, 2.24) is 10.2 Å². The Morgan fingerprint density at radius 1 is 1.35 bits per heavy atom. The van der Waals surface area contributed by atoms with Gasteiger partial charge in [0.25, 0.3) is 5.91 Å². The normalized spacial score (nSPS) is 12.2. The van der Waals surface area contributed by atoms with E-state index in [9.17, 15) is 4.79 Å². The fourth-order valence-electron chi connectivity index (χ4n) is 2.07. The number of nitrogens with zero attached hydrogens (tertiary/aromatic N) is 1. The molecule has 1 aromatic rings. The molecule has 0 aliphatic rings. The average Bonchev–Trinajstić information content (AvgIpc) is 2.46. The van der Waals surface area contributed by atoms with Crippen LogP contribution in [-0.2, 0) is 0 Å². The number of hydrogen-bond donors (Lipinski definition) is 1. The molecule has 0 aliphatic heterocycles. The molecule has 20 heavy (non-hydrogen) atoms. The molecular formula is C16H25ClN2O. The zero-order chi connectivity index (χ0) is 15.0. The second-order valence-electron chi connectivity index (χ2n) is 5.08. The Morgan fingerprint density at radius 2 is 2.05 bits per heavy atom. The number of carbonyl (C=O) groups excluding carboxylic acids is 1. The number of likely N-dealkylation sites (N-methyl/N-ethyl adjacent to an activating group) is 1. The van der Waals surface area contributed by atoms with E-state index in [0.29, 0.717) is 23.2 Å². The van der Waals surface area contributed by atoms with Crippen molar-refractivity contribution in [2.24, 2.45) is 0 Å². The Labute approximate surface area is 127 Å². The fraction of sp³-hybridized carbons (Fsp3) is 0.562. The van der Waals surface area contributed by atoms with Gasteiger partial charge in [-0.3, -0.25) is 4.79 Å². The minimum atomic E-state index is -0.0219. The summed E-state index contributed by atoms with van der Waals surface area (Å²) in [6.45, 7) is 6.01. The minimum absolute atomic E-state index is 0.0219. The number of nitrogens with one attached hydrogen (secondary N) is 1. The van der Waals surface area contributed by atoms with E-state index in [0.717, 1.165) is 13.0 Å². The molecular weight excluding hydrogens is 272 g/mol. The van der Waals surface area contributed by atoms with Gasteiger partial charge < -0.3 is 10.2 Å². The number of carbonyl (C=O) groups is 1. The van der Waals surface area contributed by atoms with Crippen LogP contribution in [0.4, 0.5) is 0 Å². The standard InChI is InChI=1S/C16H25ClN2O/c1-4-6-11-18-13(5-2)12-19(3)16(20)14-9-7-8-10-15(14)17/h7-10,13,18H,4-6,11-12H2,1-3H3. The van der Waals surface area contributed by atoms with Crippen LogP contribution in [0.2, 0.25) is 5.02 Å². The highest BCUT2D eigenvalue weighted by Gasteiger charge is 2.17. The largest absolute Gasteiger partial charge is 0.340 e. The van der Waals surface area contributed by atoms with E-state index >= 15 is 0 Å². The molecule has 112 valence electrons. The SMILES string of the molecule is CCCCNC(CC)CN(C)C(=O)c1ccccc1Cl. The molecule has 0 bridgehead atoms. The van der Waals surface area contributed by atoms with Gasteiger partial charge in [-0.25, -0.2) is 0 Å². The smallest absolute Gasteiger partial charge is 0.255 e. The summed E-state index contributed by atoms with van der Waals surface area (Å²) < 4.78 is 0. The van der Waals surface area contributed by atoms with Crippen molar-refractivity contribution in [3.8, 4) is 0 Å². The van der Waals surface area contributed by atoms with Crippen molar-refractivity contribution in [2.45, 2.75) is 39.2 Å². The summed E-state index contributed by atoms with van der Waals surface area (Å²) in [5, 5.41) is 4.01. The molecule has 0 radical (unpaired) electrons. The van der Waals surface area contributed by atoms with E-state index in [1.54, 1.807) is 17.0 Å². The summed E-state index contributed by atoms with van der Waals surface area (Å²) in [7, 11) is 1.83. The maximum atomic E-state index is 12.4. The van der Waals surface area contributed by atoms with Crippen molar-refractivity contribution in [3.05, 3.63) is 34.9 Å². The summed E-state index contributed by atoms with van der Waals surface area (Å²) in [4.78, 5) is 14.1. The number of unbranched alkanes of at least 4 members (excludes halogenated alkanes) is 1. The van der Waals surface area contributed by atoms with E-state index in [2.05, 4.69) is 19.2 Å². The number of halogens is 1. The Bertz CT molecular complexity index is 423. The first-order valence-corrected chi connectivity index (χ1v) is 7.71. The van der Waals surface area contributed by atoms with Crippen LogP contribution in [0.5, 0.6) is 0 Å². The van der Waals surface area contributed by atoms with Crippen LogP contribution in [0.3, 0.4) is 0 Å². The molecule has 3 nitrogen and oxygen atoms in total. The molecule has 0 aromatic heterocycles. The topological polar surface area (TPSA) is 32.3 Å². The molecule has 1 aromatic carbocycles. The van der Waals surface area contributed by atoms with Gasteiger partial charge in [0.2, 0.25) is 0 Å². The molecule has 0 saturated heterocycles. The summed E-state index contributed by atoms with van der Waals surface area (Å²) >= 11 is 6.07. The third-order valence-electron chi connectivity index (χ3n) is 3.40. The maximum Gasteiger partial charge on any atom is 0.255 e. The molecule has 0 spiro atoms. The summed E-state index contributed by atoms with van der Waals surface area (Å²) in [6, 6.07) is 7.52. The van der Waals surface area contributed by atoms with Crippen LogP contribution in [-0.4, -0.2) is 37.0 Å². The Kier molecular flexibility index (Phi) is 7.63. The van der Waals surface area contributed by atoms with E-state index in [-0.39, 0.29) is 5.91 Å². The molecule has 1 N–H and O–H groups in total. The molecule has 0 saturated carbocycles. The lowest BCUT2D eigenvalue weighted by Gasteiger charge is -2.24. The van der Waals surface area contributed by atoms with Crippen molar-refractivity contribution >= 4 is 17.5 Å². The van der Waals surface area contributed by atoms with Crippen LogP contribution in [0, 0.1) is 0 Å². The Balaban J connectivity index is 2.58. The predicted molar refractivity (Wildman–Crippen MR) is 85.4 cm³/mol. The lowest BCUT2D eigenvalue weighted by molar-refractivity contribution is 0.0780. The van der Waals surface area contributed by atoms with Crippen LogP contribution in [0.15, 0.2) is 24.3 Å². The van der Waals surface area contributed by atoms with Gasteiger partial charge in [-0.15, -0.1) is 0 Å². The van der Waals surface area contributed by atoms with Gasteiger partial charge in [-0.1, -0.05) is 44.0 Å². The van der Waals surface area contributed by atoms with Crippen molar-refractivity contribution in [3.63, 3.8) is 0 Å². The van der Waals surface area contributed by atoms with Gasteiger partial charge in [0, 0.05) is 19.6 Å². The van der Waals surface area contributed by atoms with Crippen molar-refractivity contribution < 1.29 is 4.79 Å². The Morgan fingerprint density at radius 3 is 2.65 bits per heavy atom. The minimum Gasteiger partial charge on any atom is -0.340 e. The van der Waals surface area contributed by atoms with Crippen LogP contribution < -0.4 is 5.32 Å². The maximum absolute atomic E-state index is 12.4. The highest BCUT2D eigenvalue weighted by molar-refractivity contribution is 6.33. The van der Waals surface area contributed by atoms with E-state index in [1.165, 1.54) is 12.8 Å². The third kappa shape index (κ3) is 5.14. The second kappa shape index (κ2) is 8.98. The third-order valence-corrected chi connectivity index (χ3v) is 3.73. The average molecular weight is 297 g/mol. The lowest BCUT2D eigenvalue weighted by Crippen LogP contribution is -2.42. The fourth-order valence-corrected chi connectivity index (χ4v) is 2.29. The zero-order valence-corrected chi connectivity index (χ0v) is 13.4. The molecule has 0 aliphatic carbocycles. The first kappa shape index (κ1) is 17.0. The monoisotopic (exact) mass is 296 g/mol. The van der Waals surface area contributed by atoms with Crippen molar-refractivity contribution in [1.29, 1.82) is 0 Å². The highest BCUT2D eigenvalue weighted by Crippen LogP contribution is 2.16. The van der Waals surface area contributed by atoms with Crippen LogP contribution >= 0.6 is 11.6 Å².